The normalized spacial score (nSPS) is 10.3. The Hall–Kier alpha value is -4.51. The van der Waals surface area contributed by atoms with E-state index in [2.05, 4.69) is 48.8 Å². The highest BCUT2D eigenvalue weighted by molar-refractivity contribution is 5.73. The Labute approximate surface area is 186 Å². The molecule has 0 saturated heterocycles. The van der Waals surface area contributed by atoms with Gasteiger partial charge in [-0.2, -0.15) is 10.2 Å². The van der Waals surface area contributed by atoms with E-state index >= 15 is 0 Å². The number of nitriles is 1. The third-order valence-corrected chi connectivity index (χ3v) is 4.86. The van der Waals surface area contributed by atoms with E-state index in [0.717, 1.165) is 33.6 Å². The Bertz CT molecular complexity index is 1260. The maximum absolute atomic E-state index is 8.93. The van der Waals surface area contributed by atoms with Gasteiger partial charge < -0.3 is 15.4 Å². The van der Waals surface area contributed by atoms with Crippen molar-refractivity contribution >= 4 is 23.1 Å². The van der Waals surface area contributed by atoms with Crippen molar-refractivity contribution < 1.29 is 4.74 Å². The van der Waals surface area contributed by atoms with E-state index in [4.69, 9.17) is 10.00 Å². The summed E-state index contributed by atoms with van der Waals surface area (Å²) >= 11 is 0. The molecule has 0 aliphatic carbocycles. The summed E-state index contributed by atoms with van der Waals surface area (Å²) in [5.41, 5.74) is 6.46. The second kappa shape index (κ2) is 9.10. The molecule has 32 heavy (non-hydrogen) atoms. The van der Waals surface area contributed by atoms with E-state index in [-0.39, 0.29) is 0 Å². The smallest absolute Gasteiger partial charge is 0.316 e. The highest BCUT2D eigenvalue weighted by Crippen LogP contribution is 2.30. The highest BCUT2D eigenvalue weighted by atomic mass is 16.5. The van der Waals surface area contributed by atoms with Crippen molar-refractivity contribution in [1.29, 1.82) is 5.26 Å². The number of methoxy groups -OCH3 is 1. The lowest BCUT2D eigenvalue weighted by atomic mass is 10.0. The molecule has 4 aromatic rings. The first-order valence-corrected chi connectivity index (χ1v) is 9.90. The van der Waals surface area contributed by atoms with Crippen LogP contribution in [0, 0.1) is 25.2 Å². The maximum Gasteiger partial charge on any atom is 0.316 e. The van der Waals surface area contributed by atoms with Gasteiger partial charge in [-0.3, -0.25) is 0 Å². The zero-order valence-corrected chi connectivity index (χ0v) is 17.9. The van der Waals surface area contributed by atoms with Crippen LogP contribution in [0.5, 0.6) is 6.01 Å². The number of nitrogens with one attached hydrogen (secondary N) is 2. The molecule has 2 aromatic carbocycles. The van der Waals surface area contributed by atoms with Gasteiger partial charge in [0.25, 0.3) is 0 Å². The number of anilines is 4. The van der Waals surface area contributed by atoms with Gasteiger partial charge in [-0.05, 0) is 73.0 Å². The minimum Gasteiger partial charge on any atom is -0.467 e. The Kier molecular flexibility index (Phi) is 5.90. The number of nitrogens with zero attached hydrogens (tertiary/aromatic N) is 5. The number of benzene rings is 2. The molecule has 8 nitrogen and oxygen atoms in total. The van der Waals surface area contributed by atoms with Crippen LogP contribution in [0.25, 0.3) is 11.1 Å². The van der Waals surface area contributed by atoms with Gasteiger partial charge in [0.15, 0.2) is 0 Å². The van der Waals surface area contributed by atoms with Crippen LogP contribution in [0.15, 0.2) is 61.1 Å². The molecule has 0 fully saturated rings. The predicted octanol–water partition coefficient (Wildman–Crippen LogP) is 4.92. The molecule has 0 atom stereocenters. The summed E-state index contributed by atoms with van der Waals surface area (Å²) in [4.78, 5) is 17.2. The number of aromatic nitrogens is 4. The lowest BCUT2D eigenvalue weighted by molar-refractivity contribution is 0.380. The van der Waals surface area contributed by atoms with E-state index < -0.39 is 0 Å². The second-order valence-electron chi connectivity index (χ2n) is 7.15. The first kappa shape index (κ1) is 20.8. The first-order chi connectivity index (χ1) is 15.6. The molecule has 2 N–H and O–H groups in total. The Morgan fingerprint density at radius 1 is 0.875 bits per heavy atom. The van der Waals surface area contributed by atoms with E-state index in [1.165, 1.54) is 0 Å². The molecular weight excluding hydrogens is 402 g/mol. The molecule has 0 saturated carbocycles. The lowest BCUT2D eigenvalue weighted by Gasteiger charge is -2.15. The van der Waals surface area contributed by atoms with Gasteiger partial charge >= 0.3 is 6.01 Å². The third-order valence-electron chi connectivity index (χ3n) is 4.86. The number of hydrogen-bond acceptors (Lipinski definition) is 8. The van der Waals surface area contributed by atoms with Gasteiger partial charge in [-0.1, -0.05) is 0 Å². The van der Waals surface area contributed by atoms with Gasteiger partial charge in [0, 0.05) is 35.5 Å². The molecule has 0 radical (unpaired) electrons. The number of hydrogen-bond donors (Lipinski definition) is 2. The lowest BCUT2D eigenvalue weighted by Crippen LogP contribution is -2.02. The highest BCUT2D eigenvalue weighted by Gasteiger charge is 2.10. The maximum atomic E-state index is 8.93. The second-order valence-corrected chi connectivity index (χ2v) is 7.15. The zero-order valence-electron chi connectivity index (χ0n) is 17.9. The van der Waals surface area contributed by atoms with E-state index in [1.54, 1.807) is 37.8 Å². The first-order valence-electron chi connectivity index (χ1n) is 9.90. The molecule has 0 unspecified atom stereocenters. The standard InChI is InChI=1S/C24H21N7O/c1-15-10-18(19-13-27-24(32-3)28-14-19)11-16(2)22(15)30-21-8-9-26-23(31-21)29-20-6-4-17(12-25)5-7-20/h4-11,13-14H,1-3H3,(H2,26,29,30,31). The monoisotopic (exact) mass is 423 g/mol. The number of ether oxygens (including phenoxy) is 1. The van der Waals surface area contributed by atoms with Crippen molar-refractivity contribution in [2.75, 3.05) is 17.7 Å². The van der Waals surface area contributed by atoms with Crippen LogP contribution in [0.2, 0.25) is 0 Å². The molecule has 0 aliphatic heterocycles. The van der Waals surface area contributed by atoms with E-state index in [0.29, 0.717) is 23.3 Å². The summed E-state index contributed by atoms with van der Waals surface area (Å²) in [7, 11) is 1.54. The van der Waals surface area contributed by atoms with Crippen LogP contribution in [-0.2, 0) is 0 Å². The fraction of sp³-hybridized carbons (Fsp3) is 0.125. The molecule has 4 rings (SSSR count). The van der Waals surface area contributed by atoms with Crippen LogP contribution in [0.4, 0.5) is 23.1 Å². The van der Waals surface area contributed by atoms with E-state index in [1.807, 2.05) is 32.0 Å². The summed E-state index contributed by atoms with van der Waals surface area (Å²) in [5.74, 6) is 1.13. The van der Waals surface area contributed by atoms with Crippen LogP contribution < -0.4 is 15.4 Å². The van der Waals surface area contributed by atoms with E-state index in [9.17, 15) is 0 Å². The van der Waals surface area contributed by atoms with Crippen LogP contribution in [0.1, 0.15) is 16.7 Å². The summed E-state index contributed by atoms with van der Waals surface area (Å²) in [6.07, 6.45) is 5.19. The third kappa shape index (κ3) is 4.63. The summed E-state index contributed by atoms with van der Waals surface area (Å²) in [5, 5.41) is 15.5. The van der Waals surface area contributed by atoms with Crippen LogP contribution >= 0.6 is 0 Å². The molecule has 0 bridgehead atoms. The average Bonchev–Trinajstić information content (AvgIpc) is 2.82. The molecule has 158 valence electrons. The van der Waals surface area contributed by atoms with Crippen molar-refractivity contribution in [3.63, 3.8) is 0 Å². The molecular formula is C24H21N7O. The van der Waals surface area contributed by atoms with Gasteiger partial charge in [0.05, 0.1) is 18.7 Å². The van der Waals surface area contributed by atoms with Crippen molar-refractivity contribution in [1.82, 2.24) is 19.9 Å². The minimum absolute atomic E-state index is 0.342. The summed E-state index contributed by atoms with van der Waals surface area (Å²) in [6, 6.07) is 15.5. The van der Waals surface area contributed by atoms with Gasteiger partial charge in [0.1, 0.15) is 5.82 Å². The van der Waals surface area contributed by atoms with Crippen molar-refractivity contribution in [2.45, 2.75) is 13.8 Å². The van der Waals surface area contributed by atoms with Crippen LogP contribution in [0.3, 0.4) is 0 Å². The fourth-order valence-corrected chi connectivity index (χ4v) is 3.27. The van der Waals surface area contributed by atoms with Gasteiger partial charge in [0.2, 0.25) is 5.95 Å². The summed E-state index contributed by atoms with van der Waals surface area (Å²) < 4.78 is 5.03. The quantitative estimate of drug-likeness (QED) is 0.450. The fourth-order valence-electron chi connectivity index (χ4n) is 3.27. The molecule has 0 aliphatic rings. The molecule has 2 heterocycles. The van der Waals surface area contributed by atoms with Crippen molar-refractivity contribution in [2.24, 2.45) is 0 Å². The van der Waals surface area contributed by atoms with Gasteiger partial charge in [-0.25, -0.2) is 15.0 Å². The molecule has 8 heteroatoms. The molecule has 0 spiro atoms. The van der Waals surface area contributed by atoms with Crippen molar-refractivity contribution in [3.05, 3.63) is 77.7 Å². The SMILES string of the molecule is COc1ncc(-c2cc(C)c(Nc3ccnc(Nc4ccc(C#N)cc4)n3)c(C)c2)cn1. The molecule has 2 aromatic heterocycles. The predicted molar refractivity (Wildman–Crippen MR) is 123 cm³/mol. The average molecular weight is 423 g/mol. The minimum atomic E-state index is 0.342. The van der Waals surface area contributed by atoms with Crippen molar-refractivity contribution in [3.8, 4) is 23.2 Å². The van der Waals surface area contributed by atoms with Gasteiger partial charge in [-0.15, -0.1) is 0 Å². The number of aryl methyl sites for hydroxylation is 2. The Morgan fingerprint density at radius 3 is 2.19 bits per heavy atom. The Balaban J connectivity index is 1.54. The number of rotatable bonds is 6. The Morgan fingerprint density at radius 2 is 1.56 bits per heavy atom. The zero-order chi connectivity index (χ0) is 22.5. The topological polar surface area (TPSA) is 109 Å². The molecule has 0 amide bonds. The summed E-state index contributed by atoms with van der Waals surface area (Å²) in [6.45, 7) is 4.08. The van der Waals surface area contributed by atoms with Crippen LogP contribution in [-0.4, -0.2) is 27.0 Å². The largest absolute Gasteiger partial charge is 0.467 e.